The maximum absolute atomic E-state index is 5.23. The van der Waals surface area contributed by atoms with E-state index in [0.29, 0.717) is 0 Å². The van der Waals surface area contributed by atoms with Crippen LogP contribution >= 0.6 is 0 Å². The van der Waals surface area contributed by atoms with Crippen molar-refractivity contribution < 1.29 is 0 Å². The minimum atomic E-state index is 1.00. The monoisotopic (exact) mass is 787 g/mol. The molecule has 2 heterocycles. The molecule has 0 aliphatic carbocycles. The lowest BCUT2D eigenvalue weighted by molar-refractivity contribution is 1.10. The fourth-order valence-electron chi connectivity index (χ4n) is 10.4. The molecule has 0 aliphatic rings. The Bertz CT molecular complexity index is 3820. The highest BCUT2D eigenvalue weighted by atomic mass is 15.0. The second-order valence-electron chi connectivity index (χ2n) is 16.2. The smallest absolute Gasteiger partial charge is 0.100 e. The van der Waals surface area contributed by atoms with Gasteiger partial charge in [-0.2, -0.15) is 0 Å². The second-order valence-corrected chi connectivity index (χ2v) is 16.2. The van der Waals surface area contributed by atoms with Gasteiger partial charge in [0.25, 0.3) is 0 Å². The molecule has 62 heavy (non-hydrogen) atoms. The highest BCUT2D eigenvalue weighted by Crippen LogP contribution is 2.48. The van der Waals surface area contributed by atoms with Crippen LogP contribution < -0.4 is 0 Å². The average molecular weight is 788 g/mol. The van der Waals surface area contributed by atoms with E-state index >= 15 is 0 Å². The third kappa shape index (κ3) is 5.03. The van der Waals surface area contributed by atoms with Crippen LogP contribution in [-0.2, 0) is 0 Å². The molecule has 11 aromatic carbocycles. The van der Waals surface area contributed by atoms with Crippen molar-refractivity contribution in [3.05, 3.63) is 225 Å². The molecule has 0 bridgehead atoms. The lowest BCUT2D eigenvalue weighted by atomic mass is 9.83. The van der Waals surface area contributed by atoms with E-state index in [0.717, 1.165) is 27.8 Å². The van der Waals surface area contributed by atoms with E-state index in [1.165, 1.54) is 92.9 Å². The van der Waals surface area contributed by atoms with Gasteiger partial charge in [-0.05, 0) is 102 Å². The molecule has 0 amide bonds. The summed E-state index contributed by atoms with van der Waals surface area (Å²) in [5, 5.41) is 12.2. The van der Waals surface area contributed by atoms with Crippen LogP contribution in [-0.4, -0.2) is 14.1 Å². The summed E-state index contributed by atoms with van der Waals surface area (Å²) in [5.41, 5.74) is 14.0. The Kier molecular flexibility index (Phi) is 7.60. The number of hydrogen-bond donors (Lipinski definition) is 0. The fourth-order valence-corrected chi connectivity index (χ4v) is 10.4. The van der Waals surface area contributed by atoms with Gasteiger partial charge >= 0.3 is 0 Å². The minimum absolute atomic E-state index is 1.00. The molecule has 0 fully saturated rings. The van der Waals surface area contributed by atoms with Crippen molar-refractivity contribution in [1.82, 2.24) is 14.1 Å². The van der Waals surface area contributed by atoms with Crippen molar-refractivity contribution in [2.75, 3.05) is 0 Å². The van der Waals surface area contributed by atoms with Gasteiger partial charge in [-0.3, -0.25) is 4.57 Å². The van der Waals surface area contributed by atoms with Gasteiger partial charge in [0.1, 0.15) is 6.33 Å². The predicted molar refractivity (Wildman–Crippen MR) is 262 cm³/mol. The molecule has 0 spiro atoms. The number of para-hydroxylation sites is 3. The molecule has 0 saturated heterocycles. The highest BCUT2D eigenvalue weighted by Gasteiger charge is 2.23. The first kappa shape index (κ1) is 34.6. The van der Waals surface area contributed by atoms with Gasteiger partial charge < -0.3 is 4.57 Å². The topological polar surface area (TPSA) is 22.8 Å². The predicted octanol–water partition coefficient (Wildman–Crippen LogP) is 15.7. The number of fused-ring (bicyclic) bond motifs is 11. The van der Waals surface area contributed by atoms with Crippen molar-refractivity contribution in [1.29, 1.82) is 0 Å². The molecule has 0 aliphatic heterocycles. The normalized spacial score (nSPS) is 11.9. The number of imidazole rings is 1. The molecule has 3 heteroatoms. The molecule has 288 valence electrons. The summed E-state index contributed by atoms with van der Waals surface area (Å²) in [7, 11) is 0. The van der Waals surface area contributed by atoms with Gasteiger partial charge in [0.2, 0.25) is 0 Å². The molecule has 0 N–H and O–H groups in total. The Morgan fingerprint density at radius 2 is 0.806 bits per heavy atom. The minimum Gasteiger partial charge on any atom is -0.309 e. The lowest BCUT2D eigenvalue weighted by Crippen LogP contribution is -1.96. The van der Waals surface area contributed by atoms with Crippen LogP contribution in [0.3, 0.4) is 0 Å². The molecular weight excluding hydrogens is 751 g/mol. The lowest BCUT2D eigenvalue weighted by Gasteiger charge is -2.21. The first-order valence-electron chi connectivity index (χ1n) is 21.3. The van der Waals surface area contributed by atoms with Gasteiger partial charge in [0, 0.05) is 32.9 Å². The Morgan fingerprint density at radius 3 is 1.48 bits per heavy atom. The average Bonchev–Trinajstić information content (AvgIpc) is 3.94. The van der Waals surface area contributed by atoms with Crippen molar-refractivity contribution in [3.63, 3.8) is 0 Å². The summed E-state index contributed by atoms with van der Waals surface area (Å²) < 4.78 is 4.66. The van der Waals surface area contributed by atoms with Crippen LogP contribution in [0.1, 0.15) is 0 Å². The first-order chi connectivity index (χ1) is 30.8. The first-order valence-corrected chi connectivity index (χ1v) is 21.3. The maximum Gasteiger partial charge on any atom is 0.100 e. The van der Waals surface area contributed by atoms with Crippen molar-refractivity contribution in [2.45, 2.75) is 0 Å². The summed E-state index contributed by atoms with van der Waals surface area (Å²) in [6.45, 7) is 0. The maximum atomic E-state index is 5.23. The van der Waals surface area contributed by atoms with Crippen LogP contribution in [0.5, 0.6) is 0 Å². The zero-order valence-corrected chi connectivity index (χ0v) is 33.7. The van der Waals surface area contributed by atoms with Crippen LogP contribution in [0.4, 0.5) is 0 Å². The van der Waals surface area contributed by atoms with Crippen molar-refractivity contribution in [3.8, 4) is 44.8 Å². The van der Waals surface area contributed by atoms with Crippen LogP contribution in [0.15, 0.2) is 225 Å². The third-order valence-corrected chi connectivity index (χ3v) is 13.0. The second kappa shape index (κ2) is 13.6. The third-order valence-electron chi connectivity index (χ3n) is 13.0. The van der Waals surface area contributed by atoms with E-state index in [-0.39, 0.29) is 0 Å². The molecule has 13 aromatic rings. The molecule has 3 nitrogen and oxygen atoms in total. The summed E-state index contributed by atoms with van der Waals surface area (Å²) in [4.78, 5) is 5.23. The standard InChI is InChI=1S/C59H37N3/c1-2-19-39(20-3-1)61-37-60-58-57-46(32-17-33-47(57)42-23-5-11-31-52(42)59(58)61)41-22-4-6-26-45(41)56-50-29-9-7-27-48(50)55(49-28-8-10-30-51(49)56)38-18-16-21-40(36-38)62-53-34-14-12-24-43(53)44-25-13-15-35-54(44)62/h1-37H. The number of rotatable bonds is 5. The van der Waals surface area contributed by atoms with Crippen LogP contribution in [0.25, 0.3) is 121 Å². The molecule has 2 aromatic heterocycles. The van der Waals surface area contributed by atoms with Crippen molar-refractivity contribution >= 4 is 75.9 Å². The number of nitrogens with zero attached hydrogens (tertiary/aromatic N) is 3. The quantitative estimate of drug-likeness (QED) is 0.126. The SMILES string of the molecule is c1ccc(-n2cnc3c4c(-c5ccccc5-c5c6ccccc6c(-c6cccc(-n7c8ccccc8c8ccccc87)c6)c6ccccc56)cccc4c4ccccc4c32)cc1. The van der Waals surface area contributed by atoms with Crippen molar-refractivity contribution in [2.24, 2.45) is 0 Å². The molecule has 0 unspecified atom stereocenters. The van der Waals surface area contributed by atoms with E-state index < -0.39 is 0 Å². The molecule has 13 rings (SSSR count). The summed E-state index contributed by atoms with van der Waals surface area (Å²) in [6.07, 6.45) is 1.99. The van der Waals surface area contributed by atoms with E-state index in [2.05, 4.69) is 228 Å². The Labute approximate surface area is 358 Å². The zero-order chi connectivity index (χ0) is 40.7. The molecular formula is C59H37N3. The van der Waals surface area contributed by atoms with E-state index in [1.54, 1.807) is 0 Å². The van der Waals surface area contributed by atoms with Gasteiger partial charge in [-0.25, -0.2) is 4.98 Å². The van der Waals surface area contributed by atoms with Gasteiger partial charge in [0.05, 0.1) is 22.1 Å². The largest absolute Gasteiger partial charge is 0.309 e. The zero-order valence-electron chi connectivity index (χ0n) is 33.7. The summed E-state index contributed by atoms with van der Waals surface area (Å²) in [5.74, 6) is 0. The molecule has 0 radical (unpaired) electrons. The summed E-state index contributed by atoms with van der Waals surface area (Å²) >= 11 is 0. The highest BCUT2D eigenvalue weighted by molar-refractivity contribution is 6.28. The van der Waals surface area contributed by atoms with Gasteiger partial charge in [0.15, 0.2) is 0 Å². The summed E-state index contributed by atoms with van der Waals surface area (Å²) in [6, 6.07) is 79.6. The van der Waals surface area contributed by atoms with Gasteiger partial charge in [-0.1, -0.05) is 182 Å². The van der Waals surface area contributed by atoms with E-state index in [4.69, 9.17) is 4.98 Å². The van der Waals surface area contributed by atoms with E-state index in [9.17, 15) is 0 Å². The Balaban J connectivity index is 1.07. The molecule has 0 saturated carbocycles. The Hall–Kier alpha value is -8.27. The fraction of sp³-hybridized carbons (Fsp3) is 0. The van der Waals surface area contributed by atoms with Crippen LogP contribution in [0, 0.1) is 0 Å². The number of benzene rings is 11. The van der Waals surface area contributed by atoms with E-state index in [1.807, 2.05) is 6.33 Å². The number of hydrogen-bond acceptors (Lipinski definition) is 1. The number of aromatic nitrogens is 3. The molecule has 0 atom stereocenters. The van der Waals surface area contributed by atoms with Crippen LogP contribution in [0.2, 0.25) is 0 Å². The Morgan fingerprint density at radius 1 is 0.323 bits per heavy atom. The van der Waals surface area contributed by atoms with Gasteiger partial charge in [-0.15, -0.1) is 0 Å².